The molecule has 0 bridgehead atoms. The van der Waals surface area contributed by atoms with Gasteiger partial charge in [-0.3, -0.25) is 14.5 Å². The molecule has 3 rings (SSSR count). The zero-order chi connectivity index (χ0) is 20.8. The predicted molar refractivity (Wildman–Crippen MR) is 118 cm³/mol. The Balaban J connectivity index is 1.48. The maximum atomic E-state index is 12.9. The summed E-state index contributed by atoms with van der Waals surface area (Å²) in [5.74, 6) is 0.145. The number of aryl methyl sites for hydroxylation is 1. The number of nitrogens with zero attached hydrogens (tertiary/aromatic N) is 2. The molecule has 2 aliphatic rings. The summed E-state index contributed by atoms with van der Waals surface area (Å²) in [5.41, 5.74) is 5.44. The van der Waals surface area contributed by atoms with E-state index in [0.717, 1.165) is 62.4 Å². The number of hydrogen-bond donors (Lipinski definition) is 1. The number of carbonyl (C=O) groups excluding carboxylic acids is 2. The molecule has 1 N–H and O–H groups in total. The molecule has 0 aromatic heterocycles. The summed E-state index contributed by atoms with van der Waals surface area (Å²) in [6.07, 6.45) is 8.03. The number of piperazine rings is 1. The summed E-state index contributed by atoms with van der Waals surface area (Å²) < 4.78 is 0. The van der Waals surface area contributed by atoms with Crippen molar-refractivity contribution >= 4 is 17.5 Å². The Kier molecular flexibility index (Phi) is 7.26. The molecule has 0 saturated carbocycles. The average molecular weight is 396 g/mol. The second-order valence-corrected chi connectivity index (χ2v) is 8.38. The molecule has 0 radical (unpaired) electrons. The van der Waals surface area contributed by atoms with Gasteiger partial charge < -0.3 is 10.2 Å². The normalized spacial score (nSPS) is 17.6. The predicted octanol–water partition coefficient (Wildman–Crippen LogP) is 4.02. The van der Waals surface area contributed by atoms with Gasteiger partial charge in [-0.05, 0) is 63.8 Å². The van der Waals surface area contributed by atoms with Crippen molar-refractivity contribution in [3.63, 3.8) is 0 Å². The first-order chi connectivity index (χ1) is 13.9. The number of anilines is 1. The highest BCUT2D eigenvalue weighted by Crippen LogP contribution is 2.24. The molecule has 2 amide bonds. The molecule has 1 saturated heterocycles. The number of rotatable bonds is 6. The number of amides is 2. The van der Waals surface area contributed by atoms with Gasteiger partial charge in [0.2, 0.25) is 5.91 Å². The standard InChI is InChI=1S/C24H33N3O2/c1-18(2)5-4-6-19(3)11-12-26-13-15-27(16-14-26)24(29)21-7-9-22-20(17-21)8-10-23(28)25-22/h5,7,9,11,17H,4,6,8,10,12-16H2,1-3H3,(H,25,28). The van der Waals surface area contributed by atoms with Gasteiger partial charge >= 0.3 is 0 Å². The van der Waals surface area contributed by atoms with Gasteiger partial charge in [-0.2, -0.15) is 0 Å². The highest BCUT2D eigenvalue weighted by Gasteiger charge is 2.23. The van der Waals surface area contributed by atoms with Gasteiger partial charge in [-0.25, -0.2) is 0 Å². The van der Waals surface area contributed by atoms with E-state index in [-0.39, 0.29) is 11.8 Å². The SMILES string of the molecule is CC(C)=CCCC(C)=CCN1CCN(C(=O)c2ccc3c(c2)CCC(=O)N3)CC1. The fraction of sp³-hybridized carbons (Fsp3) is 0.500. The minimum atomic E-state index is 0.0499. The first kappa shape index (κ1) is 21.3. The molecule has 1 aromatic carbocycles. The molecule has 5 heteroatoms. The molecule has 0 aliphatic carbocycles. The summed E-state index contributed by atoms with van der Waals surface area (Å²) in [6, 6.07) is 5.64. The second kappa shape index (κ2) is 9.88. The van der Waals surface area contributed by atoms with Crippen LogP contribution in [0.2, 0.25) is 0 Å². The van der Waals surface area contributed by atoms with E-state index < -0.39 is 0 Å². The molecule has 156 valence electrons. The number of benzene rings is 1. The monoisotopic (exact) mass is 395 g/mol. The van der Waals surface area contributed by atoms with Crippen molar-refractivity contribution in [2.24, 2.45) is 0 Å². The van der Waals surface area contributed by atoms with Crippen LogP contribution in [0.1, 0.15) is 56.0 Å². The van der Waals surface area contributed by atoms with Gasteiger partial charge in [0.15, 0.2) is 0 Å². The molecule has 0 spiro atoms. The Hall–Kier alpha value is -2.40. The zero-order valence-electron chi connectivity index (χ0n) is 18.0. The van der Waals surface area contributed by atoms with Crippen LogP contribution in [-0.2, 0) is 11.2 Å². The van der Waals surface area contributed by atoms with Crippen LogP contribution in [0.25, 0.3) is 0 Å². The lowest BCUT2D eigenvalue weighted by Gasteiger charge is -2.34. The first-order valence-electron chi connectivity index (χ1n) is 10.7. The number of hydrogen-bond acceptors (Lipinski definition) is 3. The number of carbonyl (C=O) groups is 2. The lowest BCUT2D eigenvalue weighted by atomic mass is 10.00. The lowest BCUT2D eigenvalue weighted by molar-refractivity contribution is -0.116. The van der Waals surface area contributed by atoms with Crippen molar-refractivity contribution in [1.29, 1.82) is 0 Å². The van der Waals surface area contributed by atoms with E-state index >= 15 is 0 Å². The molecule has 2 heterocycles. The lowest BCUT2D eigenvalue weighted by Crippen LogP contribution is -2.48. The van der Waals surface area contributed by atoms with Gasteiger partial charge in [-0.1, -0.05) is 23.3 Å². The van der Waals surface area contributed by atoms with E-state index in [1.807, 2.05) is 23.1 Å². The van der Waals surface area contributed by atoms with Crippen molar-refractivity contribution in [2.45, 2.75) is 46.5 Å². The van der Waals surface area contributed by atoms with Crippen LogP contribution < -0.4 is 5.32 Å². The molecule has 2 aliphatic heterocycles. The Bertz CT molecular complexity index is 813. The maximum absolute atomic E-state index is 12.9. The summed E-state index contributed by atoms with van der Waals surface area (Å²) in [7, 11) is 0. The quantitative estimate of drug-likeness (QED) is 0.740. The van der Waals surface area contributed by atoms with Crippen molar-refractivity contribution in [3.8, 4) is 0 Å². The molecule has 5 nitrogen and oxygen atoms in total. The van der Waals surface area contributed by atoms with E-state index in [9.17, 15) is 9.59 Å². The van der Waals surface area contributed by atoms with E-state index in [4.69, 9.17) is 0 Å². The number of fused-ring (bicyclic) bond motifs is 1. The molecule has 0 unspecified atom stereocenters. The summed E-state index contributed by atoms with van der Waals surface area (Å²) in [5, 5.41) is 2.87. The zero-order valence-corrected chi connectivity index (χ0v) is 18.0. The third-order valence-corrected chi connectivity index (χ3v) is 5.70. The van der Waals surface area contributed by atoms with Gasteiger partial charge in [0.25, 0.3) is 5.91 Å². The van der Waals surface area contributed by atoms with E-state index in [1.165, 1.54) is 11.1 Å². The summed E-state index contributed by atoms with van der Waals surface area (Å²) in [4.78, 5) is 28.8. The largest absolute Gasteiger partial charge is 0.336 e. The Morgan fingerprint density at radius 1 is 1.07 bits per heavy atom. The number of nitrogens with one attached hydrogen (secondary N) is 1. The van der Waals surface area contributed by atoms with Crippen molar-refractivity contribution < 1.29 is 9.59 Å². The van der Waals surface area contributed by atoms with Crippen molar-refractivity contribution in [2.75, 3.05) is 38.0 Å². The molecular weight excluding hydrogens is 362 g/mol. The van der Waals surface area contributed by atoms with Crippen LogP contribution in [0.3, 0.4) is 0 Å². The molecular formula is C24H33N3O2. The fourth-order valence-electron chi connectivity index (χ4n) is 3.81. The summed E-state index contributed by atoms with van der Waals surface area (Å²) >= 11 is 0. The van der Waals surface area contributed by atoms with Crippen LogP contribution >= 0.6 is 0 Å². The van der Waals surface area contributed by atoms with Gasteiger partial charge in [0.1, 0.15) is 0 Å². The molecule has 29 heavy (non-hydrogen) atoms. The van der Waals surface area contributed by atoms with Crippen LogP contribution in [0.4, 0.5) is 5.69 Å². The van der Waals surface area contributed by atoms with E-state index in [2.05, 4.69) is 43.1 Å². The minimum Gasteiger partial charge on any atom is -0.336 e. The third-order valence-electron chi connectivity index (χ3n) is 5.70. The number of allylic oxidation sites excluding steroid dienone is 3. The van der Waals surface area contributed by atoms with E-state index in [1.54, 1.807) is 0 Å². The van der Waals surface area contributed by atoms with Crippen LogP contribution in [0.15, 0.2) is 41.5 Å². The van der Waals surface area contributed by atoms with Gasteiger partial charge in [0.05, 0.1) is 0 Å². The van der Waals surface area contributed by atoms with E-state index in [0.29, 0.717) is 12.8 Å². The maximum Gasteiger partial charge on any atom is 0.253 e. The van der Waals surface area contributed by atoms with Gasteiger partial charge in [0, 0.05) is 50.4 Å². The highest BCUT2D eigenvalue weighted by molar-refractivity contribution is 5.98. The Morgan fingerprint density at radius 2 is 1.83 bits per heavy atom. The second-order valence-electron chi connectivity index (χ2n) is 8.38. The van der Waals surface area contributed by atoms with Crippen LogP contribution in [0.5, 0.6) is 0 Å². The average Bonchev–Trinajstić information content (AvgIpc) is 2.71. The molecule has 1 fully saturated rings. The Labute approximate surface area is 174 Å². The van der Waals surface area contributed by atoms with Crippen molar-refractivity contribution in [3.05, 3.63) is 52.6 Å². The Morgan fingerprint density at radius 3 is 2.55 bits per heavy atom. The fourth-order valence-corrected chi connectivity index (χ4v) is 3.81. The first-order valence-corrected chi connectivity index (χ1v) is 10.7. The molecule has 0 atom stereocenters. The van der Waals surface area contributed by atoms with Crippen LogP contribution in [0, 0.1) is 0 Å². The van der Waals surface area contributed by atoms with Crippen LogP contribution in [-0.4, -0.2) is 54.3 Å². The minimum absolute atomic E-state index is 0.0499. The topological polar surface area (TPSA) is 52.7 Å². The summed E-state index contributed by atoms with van der Waals surface area (Å²) in [6.45, 7) is 10.8. The molecule has 1 aromatic rings. The smallest absolute Gasteiger partial charge is 0.253 e. The van der Waals surface area contributed by atoms with Crippen molar-refractivity contribution in [1.82, 2.24) is 9.80 Å². The van der Waals surface area contributed by atoms with Gasteiger partial charge in [-0.15, -0.1) is 0 Å². The third kappa shape index (κ3) is 6.04. The highest BCUT2D eigenvalue weighted by atomic mass is 16.2.